The lowest BCUT2D eigenvalue weighted by molar-refractivity contribution is -0.140. The van der Waals surface area contributed by atoms with E-state index in [4.69, 9.17) is 23.2 Å². The van der Waals surface area contributed by atoms with E-state index in [9.17, 15) is 14.0 Å². The van der Waals surface area contributed by atoms with Gasteiger partial charge in [0.25, 0.3) is 0 Å². The lowest BCUT2D eigenvalue weighted by atomic mass is 10.1. The van der Waals surface area contributed by atoms with Gasteiger partial charge >= 0.3 is 0 Å². The number of nitrogens with one attached hydrogen (secondary N) is 1. The van der Waals surface area contributed by atoms with Gasteiger partial charge in [-0.25, -0.2) is 4.39 Å². The van der Waals surface area contributed by atoms with Crippen LogP contribution in [0, 0.1) is 5.82 Å². The Morgan fingerprint density at radius 2 is 1.69 bits per heavy atom. The van der Waals surface area contributed by atoms with Gasteiger partial charge in [-0.3, -0.25) is 9.59 Å². The highest BCUT2D eigenvalue weighted by atomic mass is 35.5. The molecule has 4 nitrogen and oxygen atoms in total. The molecule has 0 aliphatic rings. The number of amides is 2. The van der Waals surface area contributed by atoms with Gasteiger partial charge in [-0.2, -0.15) is 0 Å². The molecule has 7 heteroatoms. The third kappa shape index (κ3) is 6.72. The molecule has 1 atom stereocenters. The van der Waals surface area contributed by atoms with Crippen LogP contribution >= 0.6 is 23.2 Å². The molecule has 0 spiro atoms. The third-order valence-electron chi connectivity index (χ3n) is 4.54. The summed E-state index contributed by atoms with van der Waals surface area (Å²) >= 11 is 12.1. The van der Waals surface area contributed by atoms with E-state index in [0.717, 1.165) is 12.0 Å². The van der Waals surface area contributed by atoms with E-state index in [-0.39, 0.29) is 30.6 Å². The molecule has 2 aromatic rings. The SMILES string of the molecule is CCCNC(=O)[C@H](CC)N(Cc1ccc(Cl)c(Cl)c1)C(=O)Cc1ccc(F)cc1. The Labute approximate surface area is 181 Å². The highest BCUT2D eigenvalue weighted by Crippen LogP contribution is 2.24. The maximum atomic E-state index is 13.2. The van der Waals surface area contributed by atoms with E-state index in [1.54, 1.807) is 35.2 Å². The third-order valence-corrected chi connectivity index (χ3v) is 5.28. The largest absolute Gasteiger partial charge is 0.354 e. The summed E-state index contributed by atoms with van der Waals surface area (Å²) in [5.41, 5.74) is 1.45. The summed E-state index contributed by atoms with van der Waals surface area (Å²) in [5, 5.41) is 3.68. The van der Waals surface area contributed by atoms with Gasteiger partial charge < -0.3 is 10.2 Å². The molecule has 0 aliphatic heterocycles. The number of hydrogen-bond donors (Lipinski definition) is 1. The summed E-state index contributed by atoms with van der Waals surface area (Å²) in [6.07, 6.45) is 1.34. The topological polar surface area (TPSA) is 49.4 Å². The van der Waals surface area contributed by atoms with E-state index in [1.165, 1.54) is 12.1 Å². The minimum Gasteiger partial charge on any atom is -0.354 e. The van der Waals surface area contributed by atoms with E-state index in [2.05, 4.69) is 5.32 Å². The first-order chi connectivity index (χ1) is 13.8. The number of hydrogen-bond acceptors (Lipinski definition) is 2. The molecule has 0 saturated carbocycles. The van der Waals surface area contributed by atoms with Crippen molar-refractivity contribution >= 4 is 35.0 Å². The molecule has 0 aliphatic carbocycles. The van der Waals surface area contributed by atoms with E-state index < -0.39 is 6.04 Å². The Balaban J connectivity index is 2.28. The normalized spacial score (nSPS) is 11.8. The van der Waals surface area contributed by atoms with Crippen LogP contribution in [0.25, 0.3) is 0 Å². The van der Waals surface area contributed by atoms with Crippen molar-refractivity contribution in [2.45, 2.75) is 45.7 Å². The lowest BCUT2D eigenvalue weighted by Crippen LogP contribution is -2.49. The second-order valence-electron chi connectivity index (χ2n) is 6.79. The highest BCUT2D eigenvalue weighted by Gasteiger charge is 2.28. The van der Waals surface area contributed by atoms with Gasteiger partial charge in [0.2, 0.25) is 11.8 Å². The minimum absolute atomic E-state index is 0.0686. The summed E-state index contributed by atoms with van der Waals surface area (Å²) in [7, 11) is 0. The van der Waals surface area contributed by atoms with Gasteiger partial charge in [0.05, 0.1) is 16.5 Å². The smallest absolute Gasteiger partial charge is 0.242 e. The van der Waals surface area contributed by atoms with Crippen molar-refractivity contribution in [2.75, 3.05) is 6.54 Å². The van der Waals surface area contributed by atoms with Crippen LogP contribution in [0.3, 0.4) is 0 Å². The Morgan fingerprint density at radius 3 is 2.28 bits per heavy atom. The second kappa shape index (κ2) is 11.2. The van der Waals surface area contributed by atoms with E-state index in [0.29, 0.717) is 28.6 Å². The van der Waals surface area contributed by atoms with Crippen LogP contribution in [0.5, 0.6) is 0 Å². The van der Waals surface area contributed by atoms with Gasteiger partial charge in [0.15, 0.2) is 0 Å². The zero-order chi connectivity index (χ0) is 21.4. The second-order valence-corrected chi connectivity index (χ2v) is 7.60. The zero-order valence-corrected chi connectivity index (χ0v) is 18.1. The van der Waals surface area contributed by atoms with Crippen molar-refractivity contribution in [3.8, 4) is 0 Å². The van der Waals surface area contributed by atoms with Crippen LogP contribution in [0.4, 0.5) is 4.39 Å². The van der Waals surface area contributed by atoms with Crippen molar-refractivity contribution < 1.29 is 14.0 Å². The van der Waals surface area contributed by atoms with Crippen LogP contribution < -0.4 is 5.32 Å². The molecule has 2 rings (SSSR count). The first-order valence-corrected chi connectivity index (χ1v) is 10.4. The molecule has 0 heterocycles. The first-order valence-electron chi connectivity index (χ1n) is 9.61. The Hall–Kier alpha value is -2.11. The van der Waals surface area contributed by atoms with Crippen LogP contribution in [0.2, 0.25) is 10.0 Å². The summed E-state index contributed by atoms with van der Waals surface area (Å²) in [5.74, 6) is -0.776. The van der Waals surface area contributed by atoms with Gasteiger partial charge in [0, 0.05) is 13.1 Å². The van der Waals surface area contributed by atoms with Crippen molar-refractivity contribution in [2.24, 2.45) is 0 Å². The van der Waals surface area contributed by atoms with Gasteiger partial charge in [-0.15, -0.1) is 0 Å². The molecule has 0 bridgehead atoms. The van der Waals surface area contributed by atoms with Crippen molar-refractivity contribution in [3.05, 3.63) is 69.5 Å². The number of carbonyl (C=O) groups excluding carboxylic acids is 2. The summed E-state index contributed by atoms with van der Waals surface area (Å²) in [6, 6.07) is 10.3. The molecule has 156 valence electrons. The molecule has 1 N–H and O–H groups in total. The Bertz CT molecular complexity index is 843. The van der Waals surface area contributed by atoms with Gasteiger partial charge in [-0.1, -0.05) is 55.2 Å². The molecule has 0 aromatic heterocycles. The maximum absolute atomic E-state index is 13.2. The number of halogens is 3. The van der Waals surface area contributed by atoms with Crippen molar-refractivity contribution in [3.63, 3.8) is 0 Å². The Morgan fingerprint density at radius 1 is 1.03 bits per heavy atom. The number of nitrogens with zero attached hydrogens (tertiary/aromatic N) is 1. The molecule has 29 heavy (non-hydrogen) atoms. The standard InChI is InChI=1S/C22H25Cl2FN2O2/c1-3-11-26-22(29)20(4-2)27(14-16-7-10-18(23)19(24)12-16)21(28)13-15-5-8-17(25)9-6-15/h5-10,12,20H,3-4,11,13-14H2,1-2H3,(H,26,29)/t20-/m0/s1. The predicted octanol–water partition coefficient (Wildman–Crippen LogP) is 5.01. The minimum atomic E-state index is -0.621. The monoisotopic (exact) mass is 438 g/mol. The fourth-order valence-corrected chi connectivity index (χ4v) is 3.32. The molecule has 2 amide bonds. The Kier molecular flexibility index (Phi) is 8.93. The molecule has 0 saturated heterocycles. The average Bonchev–Trinajstić information content (AvgIpc) is 2.70. The van der Waals surface area contributed by atoms with Gasteiger partial charge in [0.1, 0.15) is 11.9 Å². The number of benzene rings is 2. The van der Waals surface area contributed by atoms with Crippen LogP contribution in [0.15, 0.2) is 42.5 Å². The molecule has 2 aromatic carbocycles. The lowest BCUT2D eigenvalue weighted by Gasteiger charge is -2.31. The molecule has 0 fully saturated rings. The fraction of sp³-hybridized carbons (Fsp3) is 0.364. The number of rotatable bonds is 9. The molecule has 0 radical (unpaired) electrons. The van der Waals surface area contributed by atoms with Crippen LogP contribution in [-0.4, -0.2) is 29.3 Å². The van der Waals surface area contributed by atoms with Crippen molar-refractivity contribution in [1.29, 1.82) is 0 Å². The van der Waals surface area contributed by atoms with Crippen molar-refractivity contribution in [1.82, 2.24) is 10.2 Å². The summed E-state index contributed by atoms with van der Waals surface area (Å²) in [4.78, 5) is 27.4. The molecule has 0 unspecified atom stereocenters. The average molecular weight is 439 g/mol. The maximum Gasteiger partial charge on any atom is 0.242 e. The summed E-state index contributed by atoms with van der Waals surface area (Å²) < 4.78 is 13.2. The molecular formula is C22H25Cl2FN2O2. The van der Waals surface area contributed by atoms with Crippen LogP contribution in [0.1, 0.15) is 37.8 Å². The van der Waals surface area contributed by atoms with E-state index in [1.807, 2.05) is 13.8 Å². The quantitative estimate of drug-likeness (QED) is 0.597. The van der Waals surface area contributed by atoms with E-state index >= 15 is 0 Å². The number of carbonyl (C=O) groups is 2. The van der Waals surface area contributed by atoms with Gasteiger partial charge in [-0.05, 0) is 48.2 Å². The van der Waals surface area contributed by atoms with Crippen LogP contribution in [-0.2, 0) is 22.6 Å². The molecular weight excluding hydrogens is 414 g/mol. The predicted molar refractivity (Wildman–Crippen MR) is 114 cm³/mol. The highest BCUT2D eigenvalue weighted by molar-refractivity contribution is 6.42. The fourth-order valence-electron chi connectivity index (χ4n) is 3.00. The first kappa shape index (κ1) is 23.2. The zero-order valence-electron chi connectivity index (χ0n) is 16.6. The summed E-state index contributed by atoms with van der Waals surface area (Å²) in [6.45, 7) is 4.59.